The second kappa shape index (κ2) is 9.07. The van der Waals surface area contributed by atoms with E-state index >= 15 is 0 Å². The zero-order valence-electron chi connectivity index (χ0n) is 16.6. The maximum Gasteiger partial charge on any atom is 0.236 e. The average Bonchev–Trinajstić information content (AvgIpc) is 3.42. The largest absolute Gasteiger partial charge is 0.467 e. The van der Waals surface area contributed by atoms with Crippen molar-refractivity contribution in [2.75, 3.05) is 32.7 Å². The van der Waals surface area contributed by atoms with Gasteiger partial charge in [-0.2, -0.15) is 0 Å². The first-order chi connectivity index (χ1) is 14.2. The first-order valence-electron chi connectivity index (χ1n) is 9.93. The number of nitrogens with zero attached hydrogens (tertiary/aromatic N) is 3. The molecule has 152 valence electrons. The fourth-order valence-electron chi connectivity index (χ4n) is 3.66. The van der Waals surface area contributed by atoms with Crippen molar-refractivity contribution in [3.63, 3.8) is 0 Å². The van der Waals surface area contributed by atoms with E-state index in [1.807, 2.05) is 60.4 Å². The lowest BCUT2D eigenvalue weighted by atomic mass is 10.0. The molecule has 1 N–H and O–H groups in total. The summed E-state index contributed by atoms with van der Waals surface area (Å²) in [5.41, 5.74) is 2.01. The van der Waals surface area contributed by atoms with E-state index in [2.05, 4.69) is 15.4 Å². The summed E-state index contributed by atoms with van der Waals surface area (Å²) in [5.74, 6) is 1.73. The standard InChI is InChI=1S/C22H26N4O3/c1-17-14-19(24-29-17)16-25-9-11-26(12-10-25)21(27)15-23-22(20-8-5-13-28-20)18-6-3-2-4-7-18/h2-8,13-14,22-23H,9-12,15-16H2,1H3/t22-/m0/s1. The van der Waals surface area contributed by atoms with E-state index in [4.69, 9.17) is 8.94 Å². The minimum Gasteiger partial charge on any atom is -0.467 e. The molecule has 0 spiro atoms. The highest BCUT2D eigenvalue weighted by Crippen LogP contribution is 2.22. The molecule has 3 aromatic rings. The highest BCUT2D eigenvalue weighted by molar-refractivity contribution is 5.78. The van der Waals surface area contributed by atoms with Crippen molar-refractivity contribution >= 4 is 5.91 Å². The molecule has 2 aromatic heterocycles. The molecule has 7 nitrogen and oxygen atoms in total. The average molecular weight is 394 g/mol. The van der Waals surface area contributed by atoms with Crippen LogP contribution in [0.5, 0.6) is 0 Å². The summed E-state index contributed by atoms with van der Waals surface area (Å²) in [7, 11) is 0. The van der Waals surface area contributed by atoms with Gasteiger partial charge in [-0.15, -0.1) is 0 Å². The number of aryl methyl sites for hydroxylation is 1. The van der Waals surface area contributed by atoms with E-state index in [0.717, 1.165) is 42.4 Å². The van der Waals surface area contributed by atoms with E-state index in [0.29, 0.717) is 13.1 Å². The van der Waals surface area contributed by atoms with Crippen molar-refractivity contribution in [2.45, 2.75) is 19.5 Å². The second-order valence-corrected chi connectivity index (χ2v) is 7.33. The summed E-state index contributed by atoms with van der Waals surface area (Å²) in [6, 6.07) is 15.6. The zero-order valence-corrected chi connectivity index (χ0v) is 16.6. The van der Waals surface area contributed by atoms with Crippen LogP contribution in [0.1, 0.15) is 28.8 Å². The molecule has 3 heterocycles. The molecule has 1 amide bonds. The van der Waals surface area contributed by atoms with Crippen LogP contribution in [0.15, 0.2) is 63.7 Å². The van der Waals surface area contributed by atoms with Crippen LogP contribution in [0.25, 0.3) is 0 Å². The van der Waals surface area contributed by atoms with E-state index in [1.165, 1.54) is 0 Å². The van der Waals surface area contributed by atoms with Crippen molar-refractivity contribution in [3.05, 3.63) is 77.6 Å². The fourth-order valence-corrected chi connectivity index (χ4v) is 3.66. The quantitative estimate of drug-likeness (QED) is 0.664. The van der Waals surface area contributed by atoms with Crippen LogP contribution < -0.4 is 5.32 Å². The molecule has 0 unspecified atom stereocenters. The van der Waals surface area contributed by atoms with Gasteiger partial charge in [0.2, 0.25) is 5.91 Å². The van der Waals surface area contributed by atoms with Crippen LogP contribution in [-0.2, 0) is 11.3 Å². The van der Waals surface area contributed by atoms with Gasteiger partial charge >= 0.3 is 0 Å². The van der Waals surface area contributed by atoms with Gasteiger partial charge in [-0.3, -0.25) is 15.0 Å². The minimum absolute atomic E-state index is 0.106. The van der Waals surface area contributed by atoms with Gasteiger partial charge in [-0.25, -0.2) is 0 Å². The van der Waals surface area contributed by atoms with E-state index in [9.17, 15) is 4.79 Å². The number of carbonyl (C=O) groups excluding carboxylic acids is 1. The number of carbonyl (C=O) groups is 1. The number of aromatic nitrogens is 1. The predicted molar refractivity (Wildman–Crippen MR) is 108 cm³/mol. The third-order valence-electron chi connectivity index (χ3n) is 5.21. The maximum atomic E-state index is 12.8. The molecule has 1 aromatic carbocycles. The molecule has 1 aliphatic rings. The summed E-state index contributed by atoms with van der Waals surface area (Å²) in [4.78, 5) is 17.0. The molecule has 0 saturated carbocycles. The Morgan fingerprint density at radius 1 is 1.14 bits per heavy atom. The summed E-state index contributed by atoms with van der Waals surface area (Å²) < 4.78 is 10.7. The number of rotatable bonds is 7. The third-order valence-corrected chi connectivity index (χ3v) is 5.21. The van der Waals surface area contributed by atoms with Gasteiger partial charge in [0.1, 0.15) is 11.5 Å². The lowest BCUT2D eigenvalue weighted by molar-refractivity contribution is -0.132. The van der Waals surface area contributed by atoms with Gasteiger partial charge < -0.3 is 13.8 Å². The first-order valence-corrected chi connectivity index (χ1v) is 9.93. The Morgan fingerprint density at radius 2 is 1.93 bits per heavy atom. The Labute approximate surface area is 170 Å². The SMILES string of the molecule is Cc1cc(CN2CCN(C(=O)CN[C@@H](c3ccccc3)c3ccco3)CC2)no1. The molecule has 4 rings (SSSR count). The van der Waals surface area contributed by atoms with Crippen molar-refractivity contribution in [3.8, 4) is 0 Å². The van der Waals surface area contributed by atoms with Gasteiger partial charge in [0.15, 0.2) is 0 Å². The van der Waals surface area contributed by atoms with Crippen LogP contribution in [-0.4, -0.2) is 53.6 Å². The van der Waals surface area contributed by atoms with Crippen molar-refractivity contribution in [1.82, 2.24) is 20.3 Å². The lowest BCUT2D eigenvalue weighted by Gasteiger charge is -2.34. The summed E-state index contributed by atoms with van der Waals surface area (Å²) in [6.45, 7) is 6.01. The number of hydrogen-bond acceptors (Lipinski definition) is 6. The Kier molecular flexibility index (Phi) is 6.07. The highest BCUT2D eigenvalue weighted by atomic mass is 16.5. The summed E-state index contributed by atoms with van der Waals surface area (Å²) >= 11 is 0. The monoisotopic (exact) mass is 394 g/mol. The molecule has 0 bridgehead atoms. The predicted octanol–water partition coefficient (Wildman–Crippen LogP) is 2.60. The Hall–Kier alpha value is -2.90. The highest BCUT2D eigenvalue weighted by Gasteiger charge is 2.23. The Morgan fingerprint density at radius 3 is 2.59 bits per heavy atom. The number of piperazine rings is 1. The molecule has 1 fully saturated rings. The zero-order chi connectivity index (χ0) is 20.1. The van der Waals surface area contributed by atoms with Crippen molar-refractivity contribution < 1.29 is 13.7 Å². The molecule has 1 aliphatic heterocycles. The van der Waals surface area contributed by atoms with Gasteiger partial charge in [0.05, 0.1) is 24.5 Å². The topological polar surface area (TPSA) is 74.8 Å². The number of nitrogens with one attached hydrogen (secondary N) is 1. The van der Waals surface area contributed by atoms with Crippen LogP contribution >= 0.6 is 0 Å². The van der Waals surface area contributed by atoms with Crippen molar-refractivity contribution in [1.29, 1.82) is 0 Å². The first kappa shape index (κ1) is 19.4. The second-order valence-electron chi connectivity index (χ2n) is 7.33. The number of hydrogen-bond donors (Lipinski definition) is 1. The molecular weight excluding hydrogens is 368 g/mol. The molecule has 1 atom stereocenters. The normalized spacial score (nSPS) is 16.1. The van der Waals surface area contributed by atoms with E-state index in [-0.39, 0.29) is 18.5 Å². The smallest absolute Gasteiger partial charge is 0.236 e. The molecular formula is C22H26N4O3. The molecule has 0 aliphatic carbocycles. The molecule has 7 heteroatoms. The maximum absolute atomic E-state index is 12.8. The van der Waals surface area contributed by atoms with Gasteiger partial charge in [0.25, 0.3) is 0 Å². The summed E-state index contributed by atoms with van der Waals surface area (Å²) in [5, 5.41) is 7.42. The van der Waals surface area contributed by atoms with Gasteiger partial charge in [0, 0.05) is 38.8 Å². The fraction of sp³-hybridized carbons (Fsp3) is 0.364. The van der Waals surface area contributed by atoms with Gasteiger partial charge in [-0.1, -0.05) is 35.5 Å². The Balaban J connectivity index is 1.30. The lowest BCUT2D eigenvalue weighted by Crippen LogP contribution is -2.50. The van der Waals surface area contributed by atoms with Crippen LogP contribution in [0.4, 0.5) is 0 Å². The van der Waals surface area contributed by atoms with Crippen LogP contribution in [0.2, 0.25) is 0 Å². The minimum atomic E-state index is -0.146. The van der Waals surface area contributed by atoms with E-state index < -0.39 is 0 Å². The Bertz CT molecular complexity index is 899. The summed E-state index contributed by atoms with van der Waals surface area (Å²) in [6.07, 6.45) is 1.66. The number of benzene rings is 1. The van der Waals surface area contributed by atoms with Crippen LogP contribution in [0, 0.1) is 6.92 Å². The van der Waals surface area contributed by atoms with Crippen molar-refractivity contribution in [2.24, 2.45) is 0 Å². The number of amides is 1. The van der Waals surface area contributed by atoms with Crippen LogP contribution in [0.3, 0.4) is 0 Å². The molecule has 29 heavy (non-hydrogen) atoms. The van der Waals surface area contributed by atoms with Gasteiger partial charge in [-0.05, 0) is 24.6 Å². The van der Waals surface area contributed by atoms with E-state index in [1.54, 1.807) is 6.26 Å². The number of furan rings is 1. The molecule has 0 radical (unpaired) electrons. The third kappa shape index (κ3) is 4.93. The molecule has 1 saturated heterocycles.